The van der Waals surface area contributed by atoms with Crippen LogP contribution in [0.1, 0.15) is 0 Å². The molecule has 0 aliphatic carbocycles. The predicted molar refractivity (Wildman–Crippen MR) is 24.6 cm³/mol. The summed E-state index contributed by atoms with van der Waals surface area (Å²) in [6.45, 7) is 0. The van der Waals surface area contributed by atoms with Crippen LogP contribution in [0.3, 0.4) is 0 Å². The van der Waals surface area contributed by atoms with E-state index >= 15 is 0 Å². The van der Waals surface area contributed by atoms with E-state index in [0.29, 0.717) is 0 Å². The van der Waals surface area contributed by atoms with Crippen LogP contribution in [0.2, 0.25) is 0 Å². The number of hydrogen-bond acceptors (Lipinski definition) is 2. The van der Waals surface area contributed by atoms with Crippen LogP contribution in [0.5, 0.6) is 0 Å². The van der Waals surface area contributed by atoms with E-state index in [2.05, 4.69) is 10.7 Å². The summed E-state index contributed by atoms with van der Waals surface area (Å²) in [5.74, 6) is 0. The first-order chi connectivity index (χ1) is 2.00. The second-order valence-corrected chi connectivity index (χ2v) is 2.41. The lowest BCUT2D eigenvalue weighted by atomic mass is 15.9. The van der Waals surface area contributed by atoms with Crippen LogP contribution in [0.4, 0.5) is 0 Å². The van der Waals surface area contributed by atoms with E-state index in [0.717, 1.165) is 0 Å². The Morgan fingerprint density at radius 2 is 1.50 bits per heavy atom. The van der Waals surface area contributed by atoms with Crippen molar-refractivity contribution in [2.45, 2.75) is 0 Å². The molecule has 0 atom stereocenters. The zero-order chi connectivity index (χ0) is 4.50. The summed E-state index contributed by atoms with van der Waals surface area (Å²) in [6, 6.07) is 0. The third-order valence-electron chi connectivity index (χ3n) is 0. The second-order valence-electron chi connectivity index (χ2n) is 0.412. The fraction of sp³-hybridized carbons (Fsp3) is 0. The van der Waals surface area contributed by atoms with Crippen LogP contribution in [-0.2, 0) is 9.33 Å². The highest BCUT2D eigenvalue weighted by atomic mass is 35.7. The molecule has 0 aromatic rings. The van der Waals surface area contributed by atoms with Crippen molar-refractivity contribution in [2.75, 3.05) is 0 Å². The van der Waals surface area contributed by atoms with E-state index in [1.807, 2.05) is 0 Å². The third-order valence-corrected chi connectivity index (χ3v) is 0. The SMILES string of the molecule is Cl.O=S(=O)(O)Cl. The van der Waals surface area contributed by atoms with Gasteiger partial charge in [-0.05, 0) is 0 Å². The number of hydrogen-bond donors (Lipinski definition) is 1. The third kappa shape index (κ3) is 228. The molecule has 0 fully saturated rings. The highest BCUT2D eigenvalue weighted by Gasteiger charge is 1.86. The van der Waals surface area contributed by atoms with Crippen LogP contribution in [-0.4, -0.2) is 13.0 Å². The van der Waals surface area contributed by atoms with E-state index in [-0.39, 0.29) is 12.4 Å². The Balaban J connectivity index is 0. The van der Waals surface area contributed by atoms with Gasteiger partial charge in [-0.25, -0.2) is 0 Å². The summed E-state index contributed by atoms with van der Waals surface area (Å²) in [4.78, 5) is 0. The maximum Gasteiger partial charge on any atom is 0.353 e. The van der Waals surface area contributed by atoms with Gasteiger partial charge in [0.1, 0.15) is 0 Å². The molecule has 0 radical (unpaired) electrons. The molecule has 0 saturated carbocycles. The van der Waals surface area contributed by atoms with Crippen molar-refractivity contribution in [3.05, 3.63) is 0 Å². The Bertz CT molecular complexity index is 92.0. The first-order valence-electron chi connectivity index (χ1n) is 0.670. The molecule has 0 saturated heterocycles. The average Bonchev–Trinajstić information content (AvgIpc) is 0.722. The van der Waals surface area contributed by atoms with Crippen molar-refractivity contribution in [2.24, 2.45) is 0 Å². The lowest BCUT2D eigenvalue weighted by Gasteiger charge is -1.65. The van der Waals surface area contributed by atoms with E-state index in [9.17, 15) is 0 Å². The van der Waals surface area contributed by atoms with Crippen molar-refractivity contribution in [3.8, 4) is 0 Å². The molecule has 0 aliphatic rings. The Morgan fingerprint density at radius 3 is 1.50 bits per heavy atom. The monoisotopic (exact) mass is 152 g/mol. The van der Waals surface area contributed by atoms with Crippen LogP contribution in [0.15, 0.2) is 0 Å². The van der Waals surface area contributed by atoms with Gasteiger partial charge in [-0.2, -0.15) is 8.42 Å². The van der Waals surface area contributed by atoms with Crippen LogP contribution >= 0.6 is 23.1 Å². The maximum atomic E-state index is 8.95. The molecule has 0 aliphatic heterocycles. The van der Waals surface area contributed by atoms with Gasteiger partial charge in [0.2, 0.25) is 0 Å². The molecule has 6 heteroatoms. The summed E-state index contributed by atoms with van der Waals surface area (Å²) in [5.41, 5.74) is 0. The lowest BCUT2D eigenvalue weighted by Crippen LogP contribution is -1.77. The molecular weight excluding hydrogens is 151 g/mol. The molecule has 0 bridgehead atoms. The molecule has 0 unspecified atom stereocenters. The highest BCUT2D eigenvalue weighted by Crippen LogP contribution is 1.82. The normalized spacial score (nSPS) is 9.67. The second kappa shape index (κ2) is 2.63. The Kier molecular flexibility index (Phi) is 4.25. The van der Waals surface area contributed by atoms with Gasteiger partial charge in [0, 0.05) is 10.7 Å². The summed E-state index contributed by atoms with van der Waals surface area (Å²) in [7, 11) is -0.137. The molecule has 40 valence electrons. The van der Waals surface area contributed by atoms with Crippen molar-refractivity contribution >= 4 is 32.4 Å². The molecule has 0 aromatic heterocycles. The Labute approximate surface area is 46.0 Å². The molecule has 0 heterocycles. The zero-order valence-electron chi connectivity index (χ0n) is 2.46. The first-order valence-corrected chi connectivity index (χ1v) is 2.94. The Morgan fingerprint density at radius 1 is 1.50 bits per heavy atom. The van der Waals surface area contributed by atoms with Gasteiger partial charge in [-0.3, -0.25) is 4.55 Å². The first kappa shape index (κ1) is 9.70. The minimum atomic E-state index is -4.19. The van der Waals surface area contributed by atoms with Crippen LogP contribution in [0.25, 0.3) is 0 Å². The molecule has 0 rings (SSSR count). The minimum absolute atomic E-state index is 0. The van der Waals surface area contributed by atoms with E-state index < -0.39 is 9.33 Å². The van der Waals surface area contributed by atoms with Crippen molar-refractivity contribution < 1.29 is 13.0 Å². The molecule has 0 amide bonds. The number of rotatable bonds is 0. The van der Waals surface area contributed by atoms with Gasteiger partial charge >= 0.3 is 9.33 Å². The average molecular weight is 153 g/mol. The number of halogens is 2. The van der Waals surface area contributed by atoms with Gasteiger partial charge in [-0.15, -0.1) is 12.4 Å². The van der Waals surface area contributed by atoms with Crippen molar-refractivity contribution in [3.63, 3.8) is 0 Å². The molecule has 6 heavy (non-hydrogen) atoms. The summed E-state index contributed by atoms with van der Waals surface area (Å²) in [6.07, 6.45) is 0. The summed E-state index contributed by atoms with van der Waals surface area (Å²) in [5, 5.41) is 0. The molecule has 3 nitrogen and oxygen atoms in total. The van der Waals surface area contributed by atoms with E-state index in [1.54, 1.807) is 0 Å². The fourth-order valence-corrected chi connectivity index (χ4v) is 0. The lowest BCUT2D eigenvalue weighted by molar-refractivity contribution is 0.501. The molecular formula is H2Cl2O3S. The molecule has 0 aromatic carbocycles. The maximum absolute atomic E-state index is 8.95. The van der Waals surface area contributed by atoms with E-state index in [1.165, 1.54) is 0 Å². The van der Waals surface area contributed by atoms with Gasteiger partial charge in [-0.1, -0.05) is 0 Å². The van der Waals surface area contributed by atoms with Crippen LogP contribution in [0, 0.1) is 0 Å². The summed E-state index contributed by atoms with van der Waals surface area (Å²) < 4.78 is 25.2. The van der Waals surface area contributed by atoms with E-state index in [4.69, 9.17) is 13.0 Å². The van der Waals surface area contributed by atoms with Crippen molar-refractivity contribution in [1.29, 1.82) is 0 Å². The quantitative estimate of drug-likeness (QED) is 0.406. The Hall–Kier alpha value is 0.490. The van der Waals surface area contributed by atoms with Gasteiger partial charge in [0.25, 0.3) is 0 Å². The van der Waals surface area contributed by atoms with Gasteiger partial charge in [0.15, 0.2) is 0 Å². The highest BCUT2D eigenvalue weighted by molar-refractivity contribution is 8.09. The smallest absolute Gasteiger partial charge is 0.273 e. The zero-order valence-corrected chi connectivity index (χ0v) is 4.85. The van der Waals surface area contributed by atoms with Gasteiger partial charge < -0.3 is 0 Å². The van der Waals surface area contributed by atoms with Crippen molar-refractivity contribution in [1.82, 2.24) is 0 Å². The summed E-state index contributed by atoms with van der Waals surface area (Å²) >= 11 is 0. The molecule has 1 N–H and O–H groups in total. The van der Waals surface area contributed by atoms with Crippen LogP contribution < -0.4 is 0 Å². The minimum Gasteiger partial charge on any atom is -0.273 e. The molecule has 0 spiro atoms. The predicted octanol–water partition coefficient (Wildman–Crippen LogP) is 0.450. The van der Waals surface area contributed by atoms with Gasteiger partial charge in [0.05, 0.1) is 0 Å². The largest absolute Gasteiger partial charge is 0.353 e. The standard InChI is InChI=1S/ClHO3S.ClH/c1-5(2,3)4;/h(H,2,3,4);1H. The fourth-order valence-electron chi connectivity index (χ4n) is 0. The topological polar surface area (TPSA) is 54.4 Å².